The summed E-state index contributed by atoms with van der Waals surface area (Å²) in [6, 6.07) is 0. The van der Waals surface area contributed by atoms with E-state index in [0.29, 0.717) is 44.1 Å². The van der Waals surface area contributed by atoms with Gasteiger partial charge in [-0.15, -0.1) is 0 Å². The van der Waals surface area contributed by atoms with Gasteiger partial charge in [-0.25, -0.2) is 0 Å². The number of nitrogens with one attached hydrogen (secondary N) is 3. The van der Waals surface area contributed by atoms with Crippen LogP contribution in [0, 0.1) is 22.2 Å². The second-order valence-corrected chi connectivity index (χ2v) is 15.1. The molecule has 3 N–H and O–H groups in total. The maximum atomic E-state index is 13.1. The molecular formula is C28H55N3O3S2. The first-order chi connectivity index (χ1) is 16.5. The van der Waals surface area contributed by atoms with Crippen molar-refractivity contribution in [3.8, 4) is 0 Å². The van der Waals surface area contributed by atoms with Gasteiger partial charge in [-0.05, 0) is 55.3 Å². The van der Waals surface area contributed by atoms with E-state index in [1.165, 1.54) is 23.5 Å². The van der Waals surface area contributed by atoms with Gasteiger partial charge in [0.15, 0.2) is 0 Å². The lowest BCUT2D eigenvalue weighted by Gasteiger charge is -2.39. The number of carbonyl (C=O) groups excluding carboxylic acids is 3. The van der Waals surface area contributed by atoms with Crippen molar-refractivity contribution in [2.45, 2.75) is 113 Å². The molecular weight excluding hydrogens is 490 g/mol. The zero-order chi connectivity index (χ0) is 28.0. The zero-order valence-corrected chi connectivity index (χ0v) is 26.4. The molecule has 0 aromatic rings. The van der Waals surface area contributed by atoms with Crippen LogP contribution in [0.2, 0.25) is 0 Å². The van der Waals surface area contributed by atoms with Crippen LogP contribution >= 0.6 is 23.5 Å². The molecule has 0 aromatic carbocycles. The molecule has 0 aromatic heterocycles. The number of hydrogen-bond donors (Lipinski definition) is 3. The normalized spacial score (nSPS) is 13.4. The lowest BCUT2D eigenvalue weighted by atomic mass is 9.72. The predicted molar refractivity (Wildman–Crippen MR) is 159 cm³/mol. The van der Waals surface area contributed by atoms with Crippen molar-refractivity contribution in [3.63, 3.8) is 0 Å². The summed E-state index contributed by atoms with van der Waals surface area (Å²) in [7, 11) is 0. The third-order valence-electron chi connectivity index (χ3n) is 6.15. The van der Waals surface area contributed by atoms with Gasteiger partial charge in [0.1, 0.15) is 0 Å². The van der Waals surface area contributed by atoms with E-state index in [2.05, 4.69) is 64.4 Å². The van der Waals surface area contributed by atoms with E-state index in [-0.39, 0.29) is 32.5 Å². The highest BCUT2D eigenvalue weighted by Crippen LogP contribution is 2.43. The molecule has 8 heteroatoms. The van der Waals surface area contributed by atoms with Crippen LogP contribution in [-0.4, -0.2) is 47.0 Å². The summed E-state index contributed by atoms with van der Waals surface area (Å²) in [5.41, 5.74) is -0.588. The van der Waals surface area contributed by atoms with Crippen molar-refractivity contribution in [2.24, 2.45) is 22.2 Å². The lowest BCUT2D eigenvalue weighted by Crippen LogP contribution is -2.43. The summed E-state index contributed by atoms with van der Waals surface area (Å²) in [6.45, 7) is 23.2. The highest BCUT2D eigenvalue weighted by molar-refractivity contribution is 8.14. The van der Waals surface area contributed by atoms with Crippen LogP contribution in [0.5, 0.6) is 0 Å². The van der Waals surface area contributed by atoms with Gasteiger partial charge in [0, 0.05) is 36.1 Å². The lowest BCUT2D eigenvalue weighted by molar-refractivity contribution is -0.131. The largest absolute Gasteiger partial charge is 0.356 e. The smallest absolute Gasteiger partial charge is 0.279 e. The molecule has 1 unspecified atom stereocenters. The summed E-state index contributed by atoms with van der Waals surface area (Å²) in [5.74, 6) is 1.25. The first-order valence-corrected chi connectivity index (χ1v) is 15.5. The van der Waals surface area contributed by atoms with E-state index in [1.807, 2.05) is 20.8 Å². The Morgan fingerprint density at radius 3 is 1.97 bits per heavy atom. The third-order valence-corrected chi connectivity index (χ3v) is 8.51. The van der Waals surface area contributed by atoms with Gasteiger partial charge in [-0.1, -0.05) is 92.8 Å². The second kappa shape index (κ2) is 16.8. The highest BCUT2D eigenvalue weighted by atomic mass is 32.2. The Kier molecular flexibility index (Phi) is 16.4. The van der Waals surface area contributed by atoms with Crippen molar-refractivity contribution in [2.75, 3.05) is 25.4 Å². The van der Waals surface area contributed by atoms with Crippen molar-refractivity contribution in [1.29, 1.82) is 0 Å². The molecule has 0 bridgehead atoms. The van der Waals surface area contributed by atoms with Crippen molar-refractivity contribution in [3.05, 3.63) is 0 Å². The summed E-state index contributed by atoms with van der Waals surface area (Å²) in [6.07, 6.45) is 5.23. The second-order valence-electron chi connectivity index (χ2n) is 12.8. The molecule has 0 fully saturated rings. The van der Waals surface area contributed by atoms with E-state index in [0.717, 1.165) is 25.7 Å². The van der Waals surface area contributed by atoms with Crippen LogP contribution in [0.25, 0.3) is 0 Å². The van der Waals surface area contributed by atoms with Gasteiger partial charge in [0.2, 0.25) is 5.91 Å². The molecule has 0 spiro atoms. The number of hydrogen-bond acceptors (Lipinski definition) is 5. The van der Waals surface area contributed by atoms with Crippen molar-refractivity contribution in [1.82, 2.24) is 16.0 Å². The molecule has 0 rings (SSSR count). The Morgan fingerprint density at radius 1 is 0.806 bits per heavy atom. The molecule has 3 amide bonds. The topological polar surface area (TPSA) is 87.3 Å². The van der Waals surface area contributed by atoms with E-state index in [9.17, 15) is 14.4 Å². The van der Waals surface area contributed by atoms with Crippen LogP contribution < -0.4 is 16.0 Å². The Morgan fingerprint density at radius 2 is 1.42 bits per heavy atom. The Balaban J connectivity index is 5.12. The molecule has 0 heterocycles. The van der Waals surface area contributed by atoms with Gasteiger partial charge in [0.25, 0.3) is 10.5 Å². The zero-order valence-electron chi connectivity index (χ0n) is 24.8. The van der Waals surface area contributed by atoms with Gasteiger partial charge in [-0.2, -0.15) is 0 Å². The Labute approximate surface area is 230 Å². The van der Waals surface area contributed by atoms with E-state index in [1.54, 1.807) is 0 Å². The highest BCUT2D eigenvalue weighted by Gasteiger charge is 2.40. The number of thioether (sulfide) groups is 2. The monoisotopic (exact) mass is 545 g/mol. The Bertz CT molecular complexity index is 673. The van der Waals surface area contributed by atoms with Crippen LogP contribution in [-0.2, 0) is 4.79 Å². The van der Waals surface area contributed by atoms with Crippen LogP contribution in [0.3, 0.4) is 0 Å². The van der Waals surface area contributed by atoms with Gasteiger partial charge in [0.05, 0.1) is 0 Å². The van der Waals surface area contributed by atoms with Crippen molar-refractivity contribution >= 4 is 39.9 Å². The number of rotatable bonds is 16. The molecule has 0 saturated carbocycles. The van der Waals surface area contributed by atoms with Crippen LogP contribution in [0.15, 0.2) is 0 Å². The Hall–Kier alpha value is -0.890. The van der Waals surface area contributed by atoms with Gasteiger partial charge < -0.3 is 16.0 Å². The maximum Gasteiger partial charge on any atom is 0.279 e. The molecule has 6 nitrogen and oxygen atoms in total. The van der Waals surface area contributed by atoms with Crippen molar-refractivity contribution < 1.29 is 14.4 Å². The van der Waals surface area contributed by atoms with Gasteiger partial charge in [-0.3, -0.25) is 14.4 Å². The van der Waals surface area contributed by atoms with Crippen LogP contribution in [0.4, 0.5) is 9.59 Å². The quantitative estimate of drug-likeness (QED) is 0.175. The fraction of sp³-hybridized carbons (Fsp3) is 0.893. The maximum absolute atomic E-state index is 13.1. The fourth-order valence-electron chi connectivity index (χ4n) is 4.17. The first kappa shape index (κ1) is 35.1. The summed E-state index contributed by atoms with van der Waals surface area (Å²) >= 11 is 2.60. The van der Waals surface area contributed by atoms with E-state index >= 15 is 0 Å². The van der Waals surface area contributed by atoms with Crippen LogP contribution in [0.1, 0.15) is 108 Å². The summed E-state index contributed by atoms with van der Waals surface area (Å²) < 4.78 is 0. The average Bonchev–Trinajstić information content (AvgIpc) is 2.72. The molecule has 36 heavy (non-hydrogen) atoms. The molecule has 0 radical (unpaired) electrons. The SMILES string of the molecule is CCCNC(=O)SC(CCSC(=O)NCCC(C)C)C(C)(C)CC(C)(C)C(=O)NCCCC(C)(C)C. The molecule has 0 aliphatic rings. The minimum Gasteiger partial charge on any atom is -0.356 e. The molecule has 0 saturated heterocycles. The first-order valence-electron chi connectivity index (χ1n) is 13.6. The predicted octanol–water partition coefficient (Wildman–Crippen LogP) is 7.47. The van der Waals surface area contributed by atoms with Gasteiger partial charge >= 0.3 is 0 Å². The van der Waals surface area contributed by atoms with E-state index < -0.39 is 5.41 Å². The molecule has 212 valence electrons. The summed E-state index contributed by atoms with van der Waals surface area (Å²) in [4.78, 5) is 37.9. The molecule has 0 aliphatic heterocycles. The third kappa shape index (κ3) is 16.8. The minimum absolute atomic E-state index is 0.0115. The standard InChI is InChI=1S/C28H55N3O3S2/c1-11-16-30-25(34)36-22(14-19-35-24(33)31-18-13-21(2)3)27(7,8)20-28(9,10)23(32)29-17-12-15-26(4,5)6/h21-22H,11-20H2,1-10H3,(H,29,32)(H,30,34)(H,31,33). The molecule has 1 atom stereocenters. The number of carbonyl (C=O) groups is 3. The molecule has 0 aliphatic carbocycles. The number of amides is 3. The minimum atomic E-state index is -0.564. The average molecular weight is 546 g/mol. The fourth-order valence-corrected chi connectivity index (χ4v) is 6.15. The summed E-state index contributed by atoms with van der Waals surface area (Å²) in [5, 5.41) is 9.00. The van der Waals surface area contributed by atoms with E-state index in [4.69, 9.17) is 0 Å².